The molecule has 0 unspecified atom stereocenters. The van der Waals surface area contributed by atoms with E-state index in [0.717, 1.165) is 28.2 Å². The Labute approximate surface area is 118 Å². The maximum atomic E-state index is 5.88. The highest BCUT2D eigenvalue weighted by atomic mass is 16.5. The van der Waals surface area contributed by atoms with Crippen LogP contribution < -0.4 is 10.5 Å². The van der Waals surface area contributed by atoms with Crippen LogP contribution in [0.4, 0.5) is 0 Å². The van der Waals surface area contributed by atoms with Gasteiger partial charge in [-0.25, -0.2) is 0 Å². The van der Waals surface area contributed by atoms with Crippen LogP contribution in [0, 0.1) is 6.92 Å². The number of furan rings is 1. The second kappa shape index (κ2) is 5.39. The molecule has 0 bridgehead atoms. The minimum absolute atomic E-state index is 0.412. The summed E-state index contributed by atoms with van der Waals surface area (Å²) >= 11 is 0. The summed E-state index contributed by atoms with van der Waals surface area (Å²) in [6, 6.07) is 16.2. The van der Waals surface area contributed by atoms with E-state index in [1.807, 2.05) is 37.3 Å². The third kappa shape index (κ3) is 2.40. The first-order chi connectivity index (χ1) is 9.78. The summed E-state index contributed by atoms with van der Waals surface area (Å²) < 4.78 is 11.5. The second-order valence-corrected chi connectivity index (χ2v) is 4.76. The van der Waals surface area contributed by atoms with Gasteiger partial charge >= 0.3 is 0 Å². The molecule has 0 saturated carbocycles. The molecule has 0 aliphatic carbocycles. The number of hydrogen-bond donors (Lipinski definition) is 1. The van der Waals surface area contributed by atoms with Gasteiger partial charge in [0, 0.05) is 17.5 Å². The van der Waals surface area contributed by atoms with Gasteiger partial charge in [-0.05, 0) is 24.4 Å². The average Bonchev–Trinajstić information content (AvgIpc) is 2.85. The van der Waals surface area contributed by atoms with Crippen LogP contribution in [-0.2, 0) is 13.2 Å². The summed E-state index contributed by atoms with van der Waals surface area (Å²) in [5.74, 6) is 2.53. The quantitative estimate of drug-likeness (QED) is 0.782. The van der Waals surface area contributed by atoms with Gasteiger partial charge in [0.25, 0.3) is 0 Å². The van der Waals surface area contributed by atoms with Crippen molar-refractivity contribution in [1.29, 1.82) is 0 Å². The van der Waals surface area contributed by atoms with Crippen LogP contribution in [-0.4, -0.2) is 0 Å². The van der Waals surface area contributed by atoms with E-state index in [2.05, 4.69) is 18.2 Å². The molecule has 0 atom stereocenters. The molecule has 3 nitrogen and oxygen atoms in total. The molecule has 3 aromatic rings. The predicted octanol–water partition coefficient (Wildman–Crippen LogP) is 3.78. The smallest absolute Gasteiger partial charge is 0.146 e. The summed E-state index contributed by atoms with van der Waals surface area (Å²) in [5.41, 5.74) is 6.67. The lowest BCUT2D eigenvalue weighted by molar-refractivity contribution is 0.270. The minimum atomic E-state index is 0.412. The summed E-state index contributed by atoms with van der Waals surface area (Å²) in [6.07, 6.45) is 0. The molecule has 0 saturated heterocycles. The number of fused-ring (bicyclic) bond motifs is 1. The molecule has 1 heterocycles. The van der Waals surface area contributed by atoms with Crippen molar-refractivity contribution in [3.8, 4) is 5.75 Å². The van der Waals surface area contributed by atoms with Gasteiger partial charge in [0.1, 0.15) is 23.9 Å². The number of hydrogen-bond acceptors (Lipinski definition) is 3. The summed E-state index contributed by atoms with van der Waals surface area (Å²) in [7, 11) is 0. The van der Waals surface area contributed by atoms with Crippen molar-refractivity contribution >= 4 is 10.8 Å². The second-order valence-electron chi connectivity index (χ2n) is 4.76. The van der Waals surface area contributed by atoms with Crippen LogP contribution >= 0.6 is 0 Å². The van der Waals surface area contributed by atoms with E-state index in [9.17, 15) is 0 Å². The van der Waals surface area contributed by atoms with Crippen LogP contribution in [0.15, 0.2) is 52.9 Å². The third-order valence-corrected chi connectivity index (χ3v) is 3.41. The standard InChI is InChI=1S/C17H17NO2/c1-12-14(10-18)9-15(20-12)11-19-17-8-4-6-13-5-2-3-7-16(13)17/h2-9H,10-11,18H2,1H3. The molecule has 20 heavy (non-hydrogen) atoms. The highest BCUT2D eigenvalue weighted by Crippen LogP contribution is 2.26. The van der Waals surface area contributed by atoms with E-state index < -0.39 is 0 Å². The zero-order valence-electron chi connectivity index (χ0n) is 11.4. The van der Waals surface area contributed by atoms with E-state index >= 15 is 0 Å². The molecule has 0 radical (unpaired) electrons. The van der Waals surface area contributed by atoms with E-state index in [0.29, 0.717) is 13.2 Å². The van der Waals surface area contributed by atoms with E-state index in [4.69, 9.17) is 14.9 Å². The molecule has 102 valence electrons. The fourth-order valence-electron chi connectivity index (χ4n) is 2.33. The van der Waals surface area contributed by atoms with E-state index in [1.165, 1.54) is 5.39 Å². The molecule has 0 aliphatic heterocycles. The van der Waals surface area contributed by atoms with Gasteiger partial charge in [-0.2, -0.15) is 0 Å². The Morgan fingerprint density at radius 3 is 2.70 bits per heavy atom. The number of rotatable bonds is 4. The van der Waals surface area contributed by atoms with Gasteiger partial charge in [0.05, 0.1) is 0 Å². The lowest BCUT2D eigenvalue weighted by Crippen LogP contribution is -1.96. The van der Waals surface area contributed by atoms with Crippen LogP contribution in [0.5, 0.6) is 5.75 Å². The molecule has 1 aromatic heterocycles. The van der Waals surface area contributed by atoms with Gasteiger partial charge in [0.2, 0.25) is 0 Å². The van der Waals surface area contributed by atoms with Gasteiger partial charge in [-0.1, -0.05) is 36.4 Å². The molecular weight excluding hydrogens is 250 g/mol. The van der Waals surface area contributed by atoms with E-state index in [-0.39, 0.29) is 0 Å². The Hall–Kier alpha value is -2.26. The Balaban J connectivity index is 1.83. The molecule has 3 heteroatoms. The average molecular weight is 267 g/mol. The normalized spacial score (nSPS) is 10.9. The molecule has 2 aromatic carbocycles. The first kappa shape index (κ1) is 12.8. The zero-order chi connectivity index (χ0) is 13.9. The first-order valence-electron chi connectivity index (χ1n) is 6.67. The van der Waals surface area contributed by atoms with Crippen molar-refractivity contribution in [3.63, 3.8) is 0 Å². The Morgan fingerprint density at radius 1 is 1.10 bits per heavy atom. The van der Waals surface area contributed by atoms with Crippen molar-refractivity contribution in [2.75, 3.05) is 0 Å². The molecule has 0 fully saturated rings. The largest absolute Gasteiger partial charge is 0.485 e. The SMILES string of the molecule is Cc1oc(COc2cccc3ccccc23)cc1CN. The molecule has 0 spiro atoms. The van der Waals surface area contributed by atoms with Crippen LogP contribution in [0.1, 0.15) is 17.1 Å². The van der Waals surface area contributed by atoms with Gasteiger partial charge in [0.15, 0.2) is 0 Å². The lowest BCUT2D eigenvalue weighted by atomic mass is 10.1. The monoisotopic (exact) mass is 267 g/mol. The minimum Gasteiger partial charge on any atom is -0.485 e. The Kier molecular flexibility index (Phi) is 3.44. The molecule has 3 rings (SSSR count). The number of ether oxygens (including phenoxy) is 1. The van der Waals surface area contributed by atoms with Gasteiger partial charge in [-0.3, -0.25) is 0 Å². The molecule has 0 aliphatic rings. The fraction of sp³-hybridized carbons (Fsp3) is 0.176. The molecule has 0 amide bonds. The van der Waals surface area contributed by atoms with E-state index in [1.54, 1.807) is 0 Å². The van der Waals surface area contributed by atoms with Crippen molar-refractivity contribution in [2.45, 2.75) is 20.1 Å². The maximum Gasteiger partial charge on any atom is 0.146 e. The predicted molar refractivity (Wildman–Crippen MR) is 79.6 cm³/mol. The van der Waals surface area contributed by atoms with Gasteiger partial charge < -0.3 is 14.9 Å². The van der Waals surface area contributed by atoms with Crippen molar-refractivity contribution < 1.29 is 9.15 Å². The number of nitrogens with two attached hydrogens (primary N) is 1. The Morgan fingerprint density at radius 2 is 1.90 bits per heavy atom. The fourth-order valence-corrected chi connectivity index (χ4v) is 2.33. The summed E-state index contributed by atoms with van der Waals surface area (Å²) in [6.45, 7) is 2.82. The van der Waals surface area contributed by atoms with Gasteiger partial charge in [-0.15, -0.1) is 0 Å². The van der Waals surface area contributed by atoms with Crippen LogP contribution in [0.2, 0.25) is 0 Å². The molecule has 2 N–H and O–H groups in total. The third-order valence-electron chi connectivity index (χ3n) is 3.41. The zero-order valence-corrected chi connectivity index (χ0v) is 11.4. The number of aryl methyl sites for hydroxylation is 1. The maximum absolute atomic E-state index is 5.88. The van der Waals surface area contributed by atoms with Crippen molar-refractivity contribution in [3.05, 3.63) is 65.6 Å². The molecular formula is C17H17NO2. The lowest BCUT2D eigenvalue weighted by Gasteiger charge is -2.07. The number of benzene rings is 2. The first-order valence-corrected chi connectivity index (χ1v) is 6.67. The highest BCUT2D eigenvalue weighted by Gasteiger charge is 2.07. The van der Waals surface area contributed by atoms with Crippen molar-refractivity contribution in [1.82, 2.24) is 0 Å². The summed E-state index contributed by atoms with van der Waals surface area (Å²) in [5, 5.41) is 2.28. The topological polar surface area (TPSA) is 48.4 Å². The van der Waals surface area contributed by atoms with Crippen LogP contribution in [0.3, 0.4) is 0 Å². The highest BCUT2D eigenvalue weighted by molar-refractivity contribution is 5.88. The summed E-state index contributed by atoms with van der Waals surface area (Å²) in [4.78, 5) is 0. The van der Waals surface area contributed by atoms with Crippen LogP contribution in [0.25, 0.3) is 10.8 Å². The Bertz CT molecular complexity index is 725. The van der Waals surface area contributed by atoms with Crippen molar-refractivity contribution in [2.24, 2.45) is 5.73 Å².